The molecule has 7 nitrogen and oxygen atoms in total. The van der Waals surface area contributed by atoms with E-state index in [0.717, 1.165) is 17.3 Å². The molecule has 0 spiro atoms. The summed E-state index contributed by atoms with van der Waals surface area (Å²) < 4.78 is 1.50. The van der Waals surface area contributed by atoms with Crippen LogP contribution < -0.4 is 16.6 Å². The van der Waals surface area contributed by atoms with Crippen LogP contribution in [-0.4, -0.2) is 27.1 Å². The van der Waals surface area contributed by atoms with Gasteiger partial charge in [-0.3, -0.25) is 19.0 Å². The molecule has 10 heteroatoms. The number of nitrogens with two attached hydrogens (primary N) is 1. The molecule has 0 saturated carbocycles. The minimum atomic E-state index is -0.615. The number of rotatable bonds is 6. The lowest BCUT2D eigenvalue weighted by atomic mass is 10.2. The number of aromatic nitrogens is 2. The van der Waals surface area contributed by atoms with Crippen LogP contribution in [-0.2, 0) is 4.79 Å². The van der Waals surface area contributed by atoms with Gasteiger partial charge in [0.05, 0.1) is 27.9 Å². The second-order valence-corrected chi connectivity index (χ2v) is 9.14. The second-order valence-electron chi connectivity index (χ2n) is 6.85. The number of primary amides is 1. The van der Waals surface area contributed by atoms with Gasteiger partial charge in [0.2, 0.25) is 5.91 Å². The van der Waals surface area contributed by atoms with E-state index in [1.807, 2.05) is 31.2 Å². The zero-order chi connectivity index (χ0) is 22.8. The van der Waals surface area contributed by atoms with Crippen molar-refractivity contribution in [3.63, 3.8) is 0 Å². The maximum absolute atomic E-state index is 13.4. The molecule has 0 aliphatic carbocycles. The number of hydrogen-bond donors (Lipinski definition) is 2. The quantitative estimate of drug-likeness (QED) is 0.314. The van der Waals surface area contributed by atoms with Crippen molar-refractivity contribution in [2.75, 3.05) is 11.1 Å². The first-order chi connectivity index (χ1) is 15.3. The van der Waals surface area contributed by atoms with Crippen LogP contribution in [0.25, 0.3) is 16.6 Å². The number of nitrogens with one attached hydrogen (secondary N) is 1. The van der Waals surface area contributed by atoms with Gasteiger partial charge in [-0.15, -0.1) is 11.3 Å². The number of hydrogen-bond acceptors (Lipinski definition) is 6. The molecule has 162 valence electrons. The molecule has 0 radical (unpaired) electrons. The number of carbonyl (C=O) groups excluding carboxylic acids is 2. The number of halogens is 1. The molecule has 0 fully saturated rings. The Balaban J connectivity index is 1.71. The van der Waals surface area contributed by atoms with Gasteiger partial charge in [-0.25, -0.2) is 4.98 Å². The average molecular weight is 485 g/mol. The van der Waals surface area contributed by atoms with E-state index in [9.17, 15) is 14.4 Å². The van der Waals surface area contributed by atoms with Crippen LogP contribution in [0.4, 0.5) is 5.00 Å². The van der Waals surface area contributed by atoms with Gasteiger partial charge in [0, 0.05) is 5.02 Å². The van der Waals surface area contributed by atoms with Crippen molar-refractivity contribution >= 4 is 62.4 Å². The molecule has 0 aliphatic rings. The zero-order valence-corrected chi connectivity index (χ0v) is 19.2. The highest BCUT2D eigenvalue weighted by molar-refractivity contribution is 7.99. The van der Waals surface area contributed by atoms with Crippen LogP contribution in [0.2, 0.25) is 5.02 Å². The molecule has 2 aromatic heterocycles. The number of nitrogens with zero attached hydrogens (tertiary/aromatic N) is 2. The van der Waals surface area contributed by atoms with Gasteiger partial charge in [0.1, 0.15) is 5.00 Å². The lowest BCUT2D eigenvalue weighted by Gasteiger charge is -2.15. The van der Waals surface area contributed by atoms with E-state index in [0.29, 0.717) is 31.8 Å². The fraction of sp³-hybridized carbons (Fsp3) is 0.0909. The number of benzene rings is 2. The van der Waals surface area contributed by atoms with E-state index in [4.69, 9.17) is 17.3 Å². The van der Waals surface area contributed by atoms with Crippen molar-refractivity contribution in [3.05, 3.63) is 80.4 Å². The predicted molar refractivity (Wildman–Crippen MR) is 129 cm³/mol. The number of carbonyl (C=O) groups is 2. The van der Waals surface area contributed by atoms with Crippen molar-refractivity contribution in [2.24, 2.45) is 5.73 Å². The average Bonchev–Trinajstić information content (AvgIpc) is 3.21. The SMILES string of the molecule is Cc1ccccc1-n1c(SCC(=O)Nc2sccc2C(N)=O)nc2cc(Cl)ccc2c1=O. The fourth-order valence-corrected chi connectivity index (χ4v) is 4.94. The first-order valence-corrected chi connectivity index (χ1v) is 11.7. The summed E-state index contributed by atoms with van der Waals surface area (Å²) in [6.07, 6.45) is 0. The number of anilines is 1. The van der Waals surface area contributed by atoms with Gasteiger partial charge in [-0.05, 0) is 48.2 Å². The van der Waals surface area contributed by atoms with E-state index in [2.05, 4.69) is 10.3 Å². The predicted octanol–water partition coefficient (Wildman–Crippen LogP) is 4.24. The third kappa shape index (κ3) is 4.40. The van der Waals surface area contributed by atoms with Crippen molar-refractivity contribution in [1.82, 2.24) is 9.55 Å². The van der Waals surface area contributed by atoms with Crippen LogP contribution in [0.1, 0.15) is 15.9 Å². The summed E-state index contributed by atoms with van der Waals surface area (Å²) in [6, 6.07) is 13.9. The lowest BCUT2D eigenvalue weighted by Crippen LogP contribution is -2.23. The van der Waals surface area contributed by atoms with Crippen molar-refractivity contribution in [2.45, 2.75) is 12.1 Å². The normalized spacial score (nSPS) is 10.9. The van der Waals surface area contributed by atoms with Gasteiger partial charge in [0.15, 0.2) is 5.16 Å². The molecule has 2 amide bonds. The number of aryl methyl sites for hydroxylation is 1. The number of thiophene rings is 1. The molecule has 0 aliphatic heterocycles. The minimum Gasteiger partial charge on any atom is -0.366 e. The third-order valence-electron chi connectivity index (χ3n) is 4.67. The molecule has 4 rings (SSSR count). The Morgan fingerprint density at radius 3 is 2.75 bits per heavy atom. The smallest absolute Gasteiger partial charge is 0.266 e. The zero-order valence-electron chi connectivity index (χ0n) is 16.8. The minimum absolute atomic E-state index is 0.0273. The molecule has 32 heavy (non-hydrogen) atoms. The first-order valence-electron chi connectivity index (χ1n) is 9.43. The number of thioether (sulfide) groups is 1. The molecule has 0 unspecified atom stereocenters. The lowest BCUT2D eigenvalue weighted by molar-refractivity contribution is -0.113. The molecule has 0 bridgehead atoms. The van der Waals surface area contributed by atoms with Gasteiger partial charge < -0.3 is 11.1 Å². The highest BCUT2D eigenvalue weighted by Gasteiger charge is 2.18. The Bertz CT molecular complexity index is 1410. The van der Waals surface area contributed by atoms with Crippen LogP contribution in [0.15, 0.2) is 63.9 Å². The van der Waals surface area contributed by atoms with Crippen LogP contribution in [0, 0.1) is 6.92 Å². The summed E-state index contributed by atoms with van der Waals surface area (Å²) in [5.41, 5.74) is 7.35. The van der Waals surface area contributed by atoms with Gasteiger partial charge in [-0.1, -0.05) is 41.6 Å². The Morgan fingerprint density at radius 2 is 2.00 bits per heavy atom. The summed E-state index contributed by atoms with van der Waals surface area (Å²) in [6.45, 7) is 1.90. The maximum Gasteiger partial charge on any atom is 0.266 e. The third-order valence-corrected chi connectivity index (χ3v) is 6.68. The highest BCUT2D eigenvalue weighted by atomic mass is 35.5. The van der Waals surface area contributed by atoms with Crippen LogP contribution in [0.5, 0.6) is 0 Å². The molecule has 2 aromatic carbocycles. The molecule has 3 N–H and O–H groups in total. The van der Waals surface area contributed by atoms with E-state index in [-0.39, 0.29) is 22.8 Å². The van der Waals surface area contributed by atoms with E-state index in [1.54, 1.807) is 29.6 Å². The summed E-state index contributed by atoms with van der Waals surface area (Å²) >= 11 is 8.42. The molecular weight excluding hydrogens is 468 g/mol. The number of para-hydroxylation sites is 1. The number of fused-ring (bicyclic) bond motifs is 1. The highest BCUT2D eigenvalue weighted by Crippen LogP contribution is 2.26. The Kier molecular flexibility index (Phi) is 6.31. The van der Waals surface area contributed by atoms with Gasteiger partial charge in [-0.2, -0.15) is 0 Å². The van der Waals surface area contributed by atoms with Crippen molar-refractivity contribution in [1.29, 1.82) is 0 Å². The molecule has 0 atom stereocenters. The van der Waals surface area contributed by atoms with E-state index < -0.39 is 5.91 Å². The molecule has 2 heterocycles. The topological polar surface area (TPSA) is 107 Å². The second kappa shape index (κ2) is 9.15. The van der Waals surface area contributed by atoms with Gasteiger partial charge >= 0.3 is 0 Å². The standard InChI is InChI=1S/C22H17ClN4O3S2/c1-12-4-2-3-5-17(12)27-21(30)14-7-6-13(23)10-16(14)25-22(27)32-11-18(28)26-20-15(19(24)29)8-9-31-20/h2-10H,11H2,1H3,(H2,24,29)(H,26,28). The Morgan fingerprint density at radius 1 is 1.22 bits per heavy atom. The summed E-state index contributed by atoms with van der Waals surface area (Å²) in [5.74, 6) is -0.993. The van der Waals surface area contributed by atoms with E-state index >= 15 is 0 Å². The van der Waals surface area contributed by atoms with Crippen LogP contribution in [0.3, 0.4) is 0 Å². The molecule has 0 saturated heterocycles. The van der Waals surface area contributed by atoms with Gasteiger partial charge in [0.25, 0.3) is 11.5 Å². The summed E-state index contributed by atoms with van der Waals surface area (Å²) in [4.78, 5) is 42.0. The van der Waals surface area contributed by atoms with Crippen molar-refractivity contribution in [3.8, 4) is 5.69 Å². The molecule has 4 aromatic rings. The monoisotopic (exact) mass is 484 g/mol. The van der Waals surface area contributed by atoms with E-state index in [1.165, 1.54) is 15.9 Å². The Hall–Kier alpha value is -3.14. The van der Waals surface area contributed by atoms with Crippen LogP contribution >= 0.6 is 34.7 Å². The maximum atomic E-state index is 13.4. The summed E-state index contributed by atoms with van der Waals surface area (Å²) in [7, 11) is 0. The van der Waals surface area contributed by atoms with Crippen molar-refractivity contribution < 1.29 is 9.59 Å². The Labute approximate surface area is 196 Å². The summed E-state index contributed by atoms with van der Waals surface area (Å²) in [5, 5.41) is 6.00. The molecular formula is C22H17ClN4O3S2. The largest absolute Gasteiger partial charge is 0.366 e. The first kappa shape index (κ1) is 22.1. The fourth-order valence-electron chi connectivity index (χ4n) is 3.15. The number of amides is 2.